The molecule has 3 rings (SSSR count). The van der Waals surface area contributed by atoms with Crippen molar-refractivity contribution in [1.82, 2.24) is 10.2 Å². The van der Waals surface area contributed by atoms with E-state index in [2.05, 4.69) is 21.2 Å². The molecule has 0 atom stereocenters. The molecule has 6 nitrogen and oxygen atoms in total. The average molecular weight is 437 g/mol. The Bertz CT molecular complexity index is 757. The quantitative estimate of drug-likeness (QED) is 0.527. The molecule has 0 aromatic heterocycles. The van der Waals surface area contributed by atoms with Crippen molar-refractivity contribution in [3.8, 4) is 11.5 Å². The number of benzene rings is 1. The normalized spacial score (nSPS) is 19.5. The summed E-state index contributed by atoms with van der Waals surface area (Å²) in [7, 11) is 0. The Balaban J connectivity index is 1.90. The number of rotatable bonds is 6. The van der Waals surface area contributed by atoms with Gasteiger partial charge in [-0.25, -0.2) is 4.79 Å². The van der Waals surface area contributed by atoms with Gasteiger partial charge in [-0.3, -0.25) is 9.69 Å². The fourth-order valence-corrected chi connectivity index (χ4v) is 4.06. The summed E-state index contributed by atoms with van der Waals surface area (Å²) in [4.78, 5) is 26.6. The molecule has 1 aromatic carbocycles. The van der Waals surface area contributed by atoms with Crippen LogP contribution in [0.25, 0.3) is 6.08 Å². The first-order chi connectivity index (χ1) is 13.0. The van der Waals surface area contributed by atoms with Gasteiger partial charge in [0.15, 0.2) is 0 Å². The van der Waals surface area contributed by atoms with E-state index >= 15 is 0 Å². The summed E-state index contributed by atoms with van der Waals surface area (Å²) >= 11 is 3.49. The van der Waals surface area contributed by atoms with Crippen LogP contribution in [0, 0.1) is 0 Å². The highest BCUT2D eigenvalue weighted by molar-refractivity contribution is 9.10. The maximum atomic E-state index is 12.8. The van der Waals surface area contributed by atoms with Gasteiger partial charge in [0.05, 0.1) is 17.7 Å². The number of nitrogens with zero attached hydrogens (tertiary/aromatic N) is 1. The largest absolute Gasteiger partial charge is 0.493 e. The number of hydrogen-bond acceptors (Lipinski definition) is 4. The summed E-state index contributed by atoms with van der Waals surface area (Å²) in [6.07, 6.45) is 6.72. The van der Waals surface area contributed by atoms with Crippen LogP contribution in [0.3, 0.4) is 0 Å². The number of carbonyl (C=O) groups excluding carboxylic acids is 2. The van der Waals surface area contributed by atoms with Crippen LogP contribution in [0.1, 0.15) is 51.5 Å². The number of imide groups is 1. The van der Waals surface area contributed by atoms with Crippen LogP contribution in [-0.4, -0.2) is 36.1 Å². The number of hydrogen-bond donors (Lipinski definition) is 1. The highest BCUT2D eigenvalue weighted by Gasteiger charge is 2.39. The molecule has 0 bridgehead atoms. The van der Waals surface area contributed by atoms with E-state index in [0.29, 0.717) is 30.3 Å². The number of nitrogens with one attached hydrogen (secondary N) is 1. The molecule has 1 saturated heterocycles. The molecule has 1 aromatic rings. The minimum absolute atomic E-state index is 0.00409. The van der Waals surface area contributed by atoms with E-state index < -0.39 is 0 Å². The molecule has 0 radical (unpaired) electrons. The van der Waals surface area contributed by atoms with Crippen LogP contribution in [0.4, 0.5) is 4.79 Å². The average Bonchev–Trinajstić information content (AvgIpc) is 2.93. The molecule has 1 N–H and O–H groups in total. The Kier molecular flexibility index (Phi) is 6.42. The molecular formula is C20H25BrN2O4. The van der Waals surface area contributed by atoms with Gasteiger partial charge >= 0.3 is 6.03 Å². The smallest absolute Gasteiger partial charge is 0.329 e. The minimum atomic E-state index is -0.332. The SMILES string of the molecule is CCOc1cc(OCC)c(/C=C2\NC(=O)N(C3CCCCC3)C2=O)cc1Br. The molecule has 7 heteroatoms. The number of carbonyl (C=O) groups is 2. The molecule has 146 valence electrons. The maximum absolute atomic E-state index is 12.8. The minimum Gasteiger partial charge on any atom is -0.493 e. The third-order valence-electron chi connectivity index (χ3n) is 4.81. The van der Waals surface area contributed by atoms with E-state index in [1.165, 1.54) is 11.3 Å². The van der Waals surface area contributed by atoms with Crippen molar-refractivity contribution >= 4 is 33.9 Å². The number of ether oxygens (including phenoxy) is 2. The second kappa shape index (κ2) is 8.78. The molecular weight excluding hydrogens is 412 g/mol. The van der Waals surface area contributed by atoms with E-state index in [-0.39, 0.29) is 23.7 Å². The van der Waals surface area contributed by atoms with E-state index in [1.807, 2.05) is 19.9 Å². The van der Waals surface area contributed by atoms with Gasteiger partial charge in [-0.15, -0.1) is 0 Å². The van der Waals surface area contributed by atoms with E-state index in [9.17, 15) is 9.59 Å². The van der Waals surface area contributed by atoms with Gasteiger partial charge < -0.3 is 14.8 Å². The highest BCUT2D eigenvalue weighted by Crippen LogP contribution is 2.35. The van der Waals surface area contributed by atoms with Gasteiger partial charge in [-0.2, -0.15) is 0 Å². The Morgan fingerprint density at radius 1 is 1.11 bits per heavy atom. The molecule has 1 aliphatic carbocycles. The lowest BCUT2D eigenvalue weighted by Gasteiger charge is -2.28. The molecule has 27 heavy (non-hydrogen) atoms. The van der Waals surface area contributed by atoms with Crippen molar-refractivity contribution in [2.45, 2.75) is 52.0 Å². The zero-order valence-corrected chi connectivity index (χ0v) is 17.3. The summed E-state index contributed by atoms with van der Waals surface area (Å²) < 4.78 is 12.1. The lowest BCUT2D eigenvalue weighted by Crippen LogP contribution is -2.41. The Labute approximate surface area is 168 Å². The molecule has 1 saturated carbocycles. The van der Waals surface area contributed by atoms with Gasteiger partial charge in [0.1, 0.15) is 17.2 Å². The van der Waals surface area contributed by atoms with E-state index in [4.69, 9.17) is 9.47 Å². The second-order valence-electron chi connectivity index (χ2n) is 6.64. The fourth-order valence-electron chi connectivity index (χ4n) is 3.58. The predicted molar refractivity (Wildman–Crippen MR) is 107 cm³/mol. The third-order valence-corrected chi connectivity index (χ3v) is 5.43. The van der Waals surface area contributed by atoms with E-state index in [1.54, 1.807) is 12.1 Å². The summed E-state index contributed by atoms with van der Waals surface area (Å²) in [5, 5.41) is 2.72. The standard InChI is InChI=1S/C20H25BrN2O4/c1-3-26-17-12-18(27-4-2)15(21)10-13(17)11-16-19(24)23(20(25)22-16)14-8-6-5-7-9-14/h10-12,14H,3-9H2,1-2H3,(H,22,25)/b16-11-. The first-order valence-electron chi connectivity index (χ1n) is 9.50. The van der Waals surface area contributed by atoms with Crippen molar-refractivity contribution in [2.75, 3.05) is 13.2 Å². The lowest BCUT2D eigenvalue weighted by molar-refractivity contribution is -0.124. The zero-order chi connectivity index (χ0) is 19.4. The van der Waals surface area contributed by atoms with Crippen LogP contribution in [0.15, 0.2) is 22.3 Å². The van der Waals surface area contributed by atoms with Gasteiger partial charge in [0, 0.05) is 17.7 Å². The molecule has 1 aliphatic heterocycles. The molecule has 3 amide bonds. The summed E-state index contributed by atoms with van der Waals surface area (Å²) in [6.45, 7) is 4.83. The van der Waals surface area contributed by atoms with Gasteiger partial charge in [-0.1, -0.05) is 19.3 Å². The third kappa shape index (κ3) is 4.29. The second-order valence-corrected chi connectivity index (χ2v) is 7.50. The van der Waals surface area contributed by atoms with Crippen LogP contribution < -0.4 is 14.8 Å². The van der Waals surface area contributed by atoms with Gasteiger partial charge in [-0.05, 0) is 54.8 Å². The first kappa shape index (κ1) is 19.7. The molecule has 2 fully saturated rings. The molecule has 0 spiro atoms. The van der Waals surface area contributed by atoms with E-state index in [0.717, 1.165) is 30.2 Å². The number of halogens is 1. The molecule has 0 unspecified atom stereocenters. The van der Waals surface area contributed by atoms with Gasteiger partial charge in [0.25, 0.3) is 5.91 Å². The monoisotopic (exact) mass is 436 g/mol. The predicted octanol–water partition coefficient (Wildman–Crippen LogP) is 4.47. The molecule has 1 heterocycles. The van der Waals surface area contributed by atoms with Crippen molar-refractivity contribution in [1.29, 1.82) is 0 Å². The van der Waals surface area contributed by atoms with Crippen LogP contribution in [0.2, 0.25) is 0 Å². The topological polar surface area (TPSA) is 67.9 Å². The Morgan fingerprint density at radius 3 is 2.44 bits per heavy atom. The lowest BCUT2D eigenvalue weighted by atomic mass is 9.94. The first-order valence-corrected chi connectivity index (χ1v) is 10.3. The Hall–Kier alpha value is -2.02. The van der Waals surface area contributed by atoms with Crippen LogP contribution >= 0.6 is 15.9 Å². The molecule has 2 aliphatic rings. The number of urea groups is 1. The summed E-state index contributed by atoms with van der Waals surface area (Å²) in [6, 6.07) is 3.30. The summed E-state index contributed by atoms with van der Waals surface area (Å²) in [5.41, 5.74) is 0.990. The number of amides is 3. The van der Waals surface area contributed by atoms with Crippen LogP contribution in [-0.2, 0) is 4.79 Å². The van der Waals surface area contributed by atoms with Gasteiger partial charge in [0.2, 0.25) is 0 Å². The van der Waals surface area contributed by atoms with Crippen molar-refractivity contribution in [3.05, 3.63) is 27.9 Å². The highest BCUT2D eigenvalue weighted by atomic mass is 79.9. The summed E-state index contributed by atoms with van der Waals surface area (Å²) in [5.74, 6) is 1.02. The van der Waals surface area contributed by atoms with Crippen molar-refractivity contribution in [2.24, 2.45) is 0 Å². The van der Waals surface area contributed by atoms with Crippen LogP contribution in [0.5, 0.6) is 11.5 Å². The zero-order valence-electron chi connectivity index (χ0n) is 15.7. The van der Waals surface area contributed by atoms with Crippen molar-refractivity contribution < 1.29 is 19.1 Å². The Morgan fingerprint density at radius 2 is 1.78 bits per heavy atom. The maximum Gasteiger partial charge on any atom is 0.329 e. The van der Waals surface area contributed by atoms with Crippen molar-refractivity contribution in [3.63, 3.8) is 0 Å². The fraction of sp³-hybridized carbons (Fsp3) is 0.500.